The lowest BCUT2D eigenvalue weighted by Gasteiger charge is -2.19. The Morgan fingerprint density at radius 2 is 1.69 bits per heavy atom. The molecule has 0 bridgehead atoms. The number of carbonyl (C=O) groups excluding carboxylic acids is 1. The number of nitrogens with one attached hydrogen (secondary N) is 1. The summed E-state index contributed by atoms with van der Waals surface area (Å²) in [6.45, 7) is 0.710. The van der Waals surface area contributed by atoms with Crippen molar-refractivity contribution in [1.29, 1.82) is 0 Å². The van der Waals surface area contributed by atoms with Gasteiger partial charge >= 0.3 is 0 Å². The molecule has 3 aromatic carbocycles. The number of para-hydroxylation sites is 2. The van der Waals surface area contributed by atoms with Crippen molar-refractivity contribution in [2.75, 3.05) is 12.0 Å². The fraction of sp³-hybridized carbons (Fsp3) is 0.185. The second-order valence-corrected chi connectivity index (χ2v) is 8.60. The Morgan fingerprint density at radius 1 is 1.00 bits per heavy atom. The third kappa shape index (κ3) is 5.48. The van der Waals surface area contributed by atoms with Crippen LogP contribution in [-0.2, 0) is 11.3 Å². The van der Waals surface area contributed by atoms with Gasteiger partial charge in [0.05, 0.1) is 17.1 Å². The zero-order valence-corrected chi connectivity index (χ0v) is 19.0. The topological polar surface area (TPSA) is 46.9 Å². The highest BCUT2D eigenvalue weighted by molar-refractivity contribution is 7.98. The first-order valence-electron chi connectivity index (χ1n) is 10.8. The van der Waals surface area contributed by atoms with Gasteiger partial charge in [-0.2, -0.15) is 11.8 Å². The summed E-state index contributed by atoms with van der Waals surface area (Å²) in [5.41, 5.74) is 4.23. The van der Waals surface area contributed by atoms with Crippen molar-refractivity contribution in [3.63, 3.8) is 0 Å². The Kier molecular flexibility index (Phi) is 7.41. The first-order valence-corrected chi connectivity index (χ1v) is 12.2. The number of aromatic nitrogens is 2. The first-order chi connectivity index (χ1) is 15.7. The van der Waals surface area contributed by atoms with Gasteiger partial charge < -0.3 is 9.88 Å². The number of rotatable bonds is 9. The minimum atomic E-state index is -0.175. The van der Waals surface area contributed by atoms with Crippen LogP contribution >= 0.6 is 11.8 Å². The quantitative estimate of drug-likeness (QED) is 0.339. The van der Waals surface area contributed by atoms with Crippen molar-refractivity contribution in [3.05, 3.63) is 108 Å². The van der Waals surface area contributed by atoms with Crippen LogP contribution in [0.4, 0.5) is 0 Å². The predicted octanol–water partition coefficient (Wildman–Crippen LogP) is 5.71. The van der Waals surface area contributed by atoms with Gasteiger partial charge in [-0.15, -0.1) is 0 Å². The van der Waals surface area contributed by atoms with Crippen LogP contribution < -0.4 is 5.32 Å². The number of nitrogens with zero attached hydrogens (tertiary/aromatic N) is 2. The van der Waals surface area contributed by atoms with Crippen molar-refractivity contribution in [2.45, 2.75) is 19.0 Å². The Morgan fingerprint density at radius 3 is 2.44 bits per heavy atom. The summed E-state index contributed by atoms with van der Waals surface area (Å²) in [7, 11) is 0. The summed E-state index contributed by atoms with van der Waals surface area (Å²) < 4.78 is 2.23. The molecule has 0 radical (unpaired) electrons. The average molecular weight is 442 g/mol. The fourth-order valence-electron chi connectivity index (χ4n) is 3.75. The third-order valence-electron chi connectivity index (χ3n) is 5.33. The molecule has 4 aromatic rings. The van der Waals surface area contributed by atoms with E-state index in [1.807, 2.05) is 60.7 Å². The second-order valence-electron chi connectivity index (χ2n) is 7.62. The van der Waals surface area contributed by atoms with E-state index >= 15 is 0 Å². The van der Waals surface area contributed by atoms with Gasteiger partial charge in [-0.3, -0.25) is 4.79 Å². The third-order valence-corrected chi connectivity index (χ3v) is 5.98. The molecule has 5 heteroatoms. The molecule has 4 rings (SSSR count). The molecule has 0 aliphatic rings. The number of hydrogen-bond acceptors (Lipinski definition) is 3. The molecule has 1 atom stereocenters. The van der Waals surface area contributed by atoms with Gasteiger partial charge in [0.15, 0.2) is 0 Å². The highest BCUT2D eigenvalue weighted by Gasteiger charge is 2.21. The molecular weight excluding hydrogens is 414 g/mol. The summed E-state index contributed by atoms with van der Waals surface area (Å²) >= 11 is 1.77. The maximum Gasteiger partial charge on any atom is 0.244 e. The molecule has 0 aliphatic heterocycles. The maximum atomic E-state index is 12.8. The molecule has 0 fully saturated rings. The minimum Gasteiger partial charge on any atom is -0.343 e. The highest BCUT2D eigenvalue weighted by Crippen LogP contribution is 2.25. The van der Waals surface area contributed by atoms with Gasteiger partial charge in [0.25, 0.3) is 0 Å². The molecule has 1 unspecified atom stereocenters. The van der Waals surface area contributed by atoms with Gasteiger partial charge in [0, 0.05) is 12.6 Å². The minimum absolute atomic E-state index is 0.113. The van der Waals surface area contributed by atoms with Crippen LogP contribution in [0, 0.1) is 0 Å². The summed E-state index contributed by atoms with van der Waals surface area (Å²) in [6.07, 6.45) is 6.34. The molecule has 0 saturated heterocycles. The molecule has 0 aliphatic carbocycles. The highest BCUT2D eigenvalue weighted by atomic mass is 32.2. The zero-order chi connectivity index (χ0) is 22.2. The monoisotopic (exact) mass is 441 g/mol. The smallest absolute Gasteiger partial charge is 0.244 e. The standard InChI is InChI=1S/C27H27N3OS/c1-32-19-18-24(28-26(31)17-16-21-10-4-2-5-11-21)27-29-23-14-8-9-15-25(23)30(27)20-22-12-6-3-7-13-22/h2-17,24H,18-20H2,1H3,(H,28,31). The van der Waals surface area contributed by atoms with E-state index in [-0.39, 0.29) is 11.9 Å². The summed E-state index contributed by atoms with van der Waals surface area (Å²) in [4.78, 5) is 17.8. The van der Waals surface area contributed by atoms with E-state index in [1.165, 1.54) is 5.56 Å². The van der Waals surface area contributed by atoms with Crippen LogP contribution in [-0.4, -0.2) is 27.5 Å². The number of benzene rings is 3. The number of amides is 1. The van der Waals surface area contributed by atoms with Crippen molar-refractivity contribution in [2.24, 2.45) is 0 Å². The van der Waals surface area contributed by atoms with E-state index < -0.39 is 0 Å². The van der Waals surface area contributed by atoms with E-state index in [9.17, 15) is 4.79 Å². The van der Waals surface area contributed by atoms with E-state index in [2.05, 4.69) is 46.5 Å². The first kappa shape index (κ1) is 21.9. The summed E-state index contributed by atoms with van der Waals surface area (Å²) in [6, 6.07) is 28.2. The zero-order valence-electron chi connectivity index (χ0n) is 18.1. The van der Waals surface area contributed by atoms with Crippen LogP contribution in [0.25, 0.3) is 17.1 Å². The van der Waals surface area contributed by atoms with Crippen molar-refractivity contribution in [1.82, 2.24) is 14.9 Å². The van der Waals surface area contributed by atoms with E-state index in [0.29, 0.717) is 6.54 Å². The molecule has 162 valence electrons. The lowest BCUT2D eigenvalue weighted by molar-refractivity contribution is -0.117. The predicted molar refractivity (Wildman–Crippen MR) is 135 cm³/mol. The largest absolute Gasteiger partial charge is 0.343 e. The van der Waals surface area contributed by atoms with Crippen LogP contribution in [0.15, 0.2) is 91.0 Å². The second kappa shape index (κ2) is 10.8. The van der Waals surface area contributed by atoms with Crippen molar-refractivity contribution >= 4 is 34.8 Å². The normalized spacial score (nSPS) is 12.3. The molecule has 1 heterocycles. The molecule has 0 saturated carbocycles. The number of imidazole rings is 1. The van der Waals surface area contributed by atoms with Gasteiger partial charge in [0.1, 0.15) is 5.82 Å². The van der Waals surface area contributed by atoms with Crippen LogP contribution in [0.5, 0.6) is 0 Å². The molecule has 32 heavy (non-hydrogen) atoms. The SMILES string of the molecule is CSCCC(NC(=O)C=Cc1ccccc1)c1nc2ccccc2n1Cc1ccccc1. The van der Waals surface area contributed by atoms with Crippen molar-refractivity contribution < 1.29 is 4.79 Å². The van der Waals surface area contributed by atoms with Gasteiger partial charge in [-0.05, 0) is 47.8 Å². The Balaban J connectivity index is 1.65. The molecule has 1 N–H and O–H groups in total. The molecule has 1 aromatic heterocycles. The van der Waals surface area contributed by atoms with E-state index in [1.54, 1.807) is 17.8 Å². The summed E-state index contributed by atoms with van der Waals surface area (Å²) in [5.74, 6) is 1.71. The Bertz CT molecular complexity index is 1190. The van der Waals surface area contributed by atoms with E-state index in [0.717, 1.165) is 34.6 Å². The number of fused-ring (bicyclic) bond motifs is 1. The average Bonchev–Trinajstić information content (AvgIpc) is 3.20. The lowest BCUT2D eigenvalue weighted by Crippen LogP contribution is -2.30. The van der Waals surface area contributed by atoms with Crippen LogP contribution in [0.2, 0.25) is 0 Å². The molecular formula is C27H27N3OS. The van der Waals surface area contributed by atoms with Gasteiger partial charge in [0.2, 0.25) is 5.91 Å². The van der Waals surface area contributed by atoms with Crippen LogP contribution in [0.3, 0.4) is 0 Å². The van der Waals surface area contributed by atoms with Gasteiger partial charge in [-0.1, -0.05) is 72.8 Å². The molecule has 4 nitrogen and oxygen atoms in total. The fourth-order valence-corrected chi connectivity index (χ4v) is 4.22. The molecule has 0 spiro atoms. The summed E-state index contributed by atoms with van der Waals surface area (Å²) in [5, 5.41) is 3.20. The maximum absolute atomic E-state index is 12.8. The van der Waals surface area contributed by atoms with Gasteiger partial charge in [-0.25, -0.2) is 4.98 Å². The van der Waals surface area contributed by atoms with Crippen LogP contribution in [0.1, 0.15) is 29.4 Å². The number of carbonyl (C=O) groups is 1. The number of hydrogen-bond donors (Lipinski definition) is 1. The lowest BCUT2D eigenvalue weighted by atomic mass is 10.1. The Hall–Kier alpha value is -3.31. The van der Waals surface area contributed by atoms with Crippen molar-refractivity contribution in [3.8, 4) is 0 Å². The Labute approximate surface area is 193 Å². The van der Waals surface area contributed by atoms with E-state index in [4.69, 9.17) is 4.98 Å². The number of thioether (sulfide) groups is 1. The molecule has 1 amide bonds.